The second-order valence-corrected chi connectivity index (χ2v) is 10.3. The average Bonchev–Trinajstić information content (AvgIpc) is 2.77. The van der Waals surface area contributed by atoms with Crippen LogP contribution in [0.3, 0.4) is 0 Å². The van der Waals surface area contributed by atoms with E-state index in [2.05, 4.69) is 9.80 Å². The van der Waals surface area contributed by atoms with Gasteiger partial charge in [0.25, 0.3) is 0 Å². The molecule has 4 rings (SSSR count). The van der Waals surface area contributed by atoms with Crippen LogP contribution in [0.15, 0.2) is 36.4 Å². The molecule has 0 radical (unpaired) electrons. The van der Waals surface area contributed by atoms with E-state index in [0.717, 1.165) is 96.2 Å². The van der Waals surface area contributed by atoms with Gasteiger partial charge in [0.1, 0.15) is 0 Å². The van der Waals surface area contributed by atoms with Crippen molar-refractivity contribution in [3.8, 4) is 0 Å². The first-order valence-electron chi connectivity index (χ1n) is 11.1. The molecule has 2 saturated heterocycles. The van der Waals surface area contributed by atoms with Gasteiger partial charge in [-0.3, -0.25) is 9.80 Å². The Morgan fingerprint density at radius 2 is 0.875 bits per heavy atom. The third-order valence-corrected chi connectivity index (χ3v) is 7.57. The lowest BCUT2D eigenvalue weighted by Crippen LogP contribution is -2.39. The van der Waals surface area contributed by atoms with E-state index in [0.29, 0.717) is 12.1 Å². The Morgan fingerprint density at radius 1 is 0.594 bits per heavy atom. The standard InChI is InChI=1S/2C12H16Cl2N2/c2*13-11-2-1-3-12(14)10(11)8-16-6-4-9(15)5-7-16/h2*1-3,9H,4-8,15H2. The number of hydrogen-bond acceptors (Lipinski definition) is 4. The summed E-state index contributed by atoms with van der Waals surface area (Å²) in [4.78, 5) is 4.72. The number of nitrogens with two attached hydrogens (primary N) is 2. The van der Waals surface area contributed by atoms with Crippen LogP contribution in [0.25, 0.3) is 0 Å². The number of nitrogens with zero attached hydrogens (tertiary/aromatic N) is 2. The lowest BCUT2D eigenvalue weighted by Gasteiger charge is -2.30. The minimum Gasteiger partial charge on any atom is -0.328 e. The fourth-order valence-electron chi connectivity index (χ4n) is 4.04. The van der Waals surface area contributed by atoms with Gasteiger partial charge in [-0.25, -0.2) is 0 Å². The van der Waals surface area contributed by atoms with Gasteiger partial charge < -0.3 is 11.5 Å². The first-order chi connectivity index (χ1) is 15.3. The Balaban J connectivity index is 0.000000181. The van der Waals surface area contributed by atoms with Crippen LogP contribution >= 0.6 is 46.4 Å². The van der Waals surface area contributed by atoms with Crippen LogP contribution in [0.5, 0.6) is 0 Å². The molecule has 0 atom stereocenters. The number of benzene rings is 2. The summed E-state index contributed by atoms with van der Waals surface area (Å²) in [5.41, 5.74) is 13.8. The SMILES string of the molecule is NC1CCN(Cc2c(Cl)cccc2Cl)CC1.NC1CCN(Cc2c(Cl)cccc2Cl)CC1. The zero-order valence-electron chi connectivity index (χ0n) is 18.3. The van der Waals surface area contributed by atoms with Crippen LogP contribution in [-0.4, -0.2) is 48.1 Å². The van der Waals surface area contributed by atoms with E-state index < -0.39 is 0 Å². The van der Waals surface area contributed by atoms with E-state index in [1.54, 1.807) is 0 Å². The van der Waals surface area contributed by atoms with Crippen molar-refractivity contribution in [2.24, 2.45) is 11.5 Å². The summed E-state index contributed by atoms with van der Waals surface area (Å²) >= 11 is 24.6. The van der Waals surface area contributed by atoms with Gasteiger partial charge in [-0.05, 0) is 76.1 Å². The molecule has 0 amide bonds. The van der Waals surface area contributed by atoms with Gasteiger partial charge in [0, 0.05) is 56.4 Å². The van der Waals surface area contributed by atoms with E-state index in [9.17, 15) is 0 Å². The summed E-state index contributed by atoms with van der Waals surface area (Å²) < 4.78 is 0. The van der Waals surface area contributed by atoms with Crippen molar-refractivity contribution in [3.05, 3.63) is 67.6 Å². The van der Waals surface area contributed by atoms with Crippen LogP contribution in [0.2, 0.25) is 20.1 Å². The molecule has 176 valence electrons. The number of halogens is 4. The normalized spacial score (nSPS) is 18.9. The van der Waals surface area contributed by atoms with Crippen LogP contribution in [0.4, 0.5) is 0 Å². The summed E-state index contributed by atoms with van der Waals surface area (Å²) in [7, 11) is 0. The molecule has 4 N–H and O–H groups in total. The predicted molar refractivity (Wildman–Crippen MR) is 138 cm³/mol. The van der Waals surface area contributed by atoms with Crippen LogP contribution < -0.4 is 11.5 Å². The highest BCUT2D eigenvalue weighted by atomic mass is 35.5. The van der Waals surface area contributed by atoms with Crippen molar-refractivity contribution in [1.29, 1.82) is 0 Å². The van der Waals surface area contributed by atoms with Gasteiger partial charge in [0.2, 0.25) is 0 Å². The number of hydrogen-bond donors (Lipinski definition) is 2. The van der Waals surface area contributed by atoms with E-state index in [1.807, 2.05) is 36.4 Å². The number of rotatable bonds is 4. The third-order valence-electron chi connectivity index (χ3n) is 6.15. The summed E-state index contributed by atoms with van der Waals surface area (Å²) in [5.74, 6) is 0. The lowest BCUT2D eigenvalue weighted by molar-refractivity contribution is 0.206. The molecule has 2 aromatic rings. The van der Waals surface area contributed by atoms with Crippen molar-refractivity contribution < 1.29 is 0 Å². The molecule has 0 spiro atoms. The molecule has 0 bridgehead atoms. The molecule has 2 aliphatic rings. The Hall–Kier alpha value is -0.560. The van der Waals surface area contributed by atoms with E-state index in [4.69, 9.17) is 57.9 Å². The van der Waals surface area contributed by atoms with Gasteiger partial charge in [-0.15, -0.1) is 0 Å². The Labute approximate surface area is 211 Å². The average molecular weight is 518 g/mol. The maximum absolute atomic E-state index is 6.14. The van der Waals surface area contributed by atoms with Gasteiger partial charge in [0.05, 0.1) is 0 Å². The quantitative estimate of drug-likeness (QED) is 0.535. The lowest BCUT2D eigenvalue weighted by atomic mass is 10.1. The first kappa shape index (κ1) is 26.1. The van der Waals surface area contributed by atoms with Gasteiger partial charge in [0.15, 0.2) is 0 Å². The van der Waals surface area contributed by atoms with E-state index >= 15 is 0 Å². The molecule has 8 heteroatoms. The minimum atomic E-state index is 0.359. The second kappa shape index (κ2) is 12.8. The molecule has 0 saturated carbocycles. The van der Waals surface area contributed by atoms with Crippen molar-refractivity contribution in [2.45, 2.75) is 50.9 Å². The van der Waals surface area contributed by atoms with Gasteiger partial charge in [-0.1, -0.05) is 58.5 Å². The number of piperidine rings is 2. The molecule has 2 aromatic carbocycles. The molecular weight excluding hydrogens is 486 g/mol. The van der Waals surface area contributed by atoms with Crippen molar-refractivity contribution in [1.82, 2.24) is 9.80 Å². The highest BCUT2D eigenvalue weighted by molar-refractivity contribution is 6.36. The smallest absolute Gasteiger partial charge is 0.0465 e. The highest BCUT2D eigenvalue weighted by Crippen LogP contribution is 2.27. The van der Waals surface area contributed by atoms with Crippen LogP contribution in [0, 0.1) is 0 Å². The Kier molecular flexibility index (Phi) is 10.4. The zero-order chi connectivity index (χ0) is 23.1. The number of likely N-dealkylation sites (tertiary alicyclic amines) is 2. The maximum atomic E-state index is 6.14. The summed E-state index contributed by atoms with van der Waals surface area (Å²) in [6, 6.07) is 12.0. The fraction of sp³-hybridized carbons (Fsp3) is 0.500. The zero-order valence-corrected chi connectivity index (χ0v) is 21.3. The minimum absolute atomic E-state index is 0.359. The first-order valence-corrected chi connectivity index (χ1v) is 12.7. The third kappa shape index (κ3) is 7.75. The molecular formula is C24H32Cl4N4. The van der Waals surface area contributed by atoms with Crippen LogP contribution in [-0.2, 0) is 13.1 Å². The summed E-state index contributed by atoms with van der Waals surface area (Å²) in [6.07, 6.45) is 4.23. The molecule has 32 heavy (non-hydrogen) atoms. The highest BCUT2D eigenvalue weighted by Gasteiger charge is 2.19. The molecule has 2 heterocycles. The molecule has 0 unspecified atom stereocenters. The molecule has 2 fully saturated rings. The van der Waals surface area contributed by atoms with Gasteiger partial charge in [-0.2, -0.15) is 0 Å². The molecule has 4 nitrogen and oxygen atoms in total. The van der Waals surface area contributed by atoms with Crippen molar-refractivity contribution >= 4 is 46.4 Å². The largest absolute Gasteiger partial charge is 0.328 e. The predicted octanol–water partition coefficient (Wildman–Crippen LogP) is 5.83. The maximum Gasteiger partial charge on any atom is 0.0465 e. The Bertz CT molecular complexity index is 751. The van der Waals surface area contributed by atoms with E-state index in [-0.39, 0.29) is 0 Å². The summed E-state index contributed by atoms with van der Waals surface area (Å²) in [5, 5.41) is 3.01. The monoisotopic (exact) mass is 516 g/mol. The molecule has 0 aliphatic carbocycles. The van der Waals surface area contributed by atoms with E-state index in [1.165, 1.54) is 0 Å². The Morgan fingerprint density at radius 3 is 1.16 bits per heavy atom. The fourth-order valence-corrected chi connectivity index (χ4v) is 5.07. The van der Waals surface area contributed by atoms with Crippen LogP contribution in [0.1, 0.15) is 36.8 Å². The van der Waals surface area contributed by atoms with Gasteiger partial charge >= 0.3 is 0 Å². The van der Waals surface area contributed by atoms with Crippen molar-refractivity contribution in [2.75, 3.05) is 26.2 Å². The second-order valence-electron chi connectivity index (χ2n) is 8.63. The molecule has 0 aromatic heterocycles. The molecule has 2 aliphatic heterocycles. The van der Waals surface area contributed by atoms with Crippen molar-refractivity contribution in [3.63, 3.8) is 0 Å². The summed E-state index contributed by atoms with van der Waals surface area (Å²) in [6.45, 7) is 5.77. The topological polar surface area (TPSA) is 58.5 Å².